The summed E-state index contributed by atoms with van der Waals surface area (Å²) in [5.74, 6) is -1.72. The summed E-state index contributed by atoms with van der Waals surface area (Å²) in [5, 5.41) is 1.26. The van der Waals surface area contributed by atoms with Crippen molar-refractivity contribution in [3.05, 3.63) is 47.5 Å². The number of fused-ring (bicyclic) bond motifs is 2. The molecule has 0 saturated heterocycles. The SMILES string of the molecule is CC1(C)C2CCC1(CS(=O)(=O)OC1C(=O)c3cccc4cccc(c34)C1=O)C(=O)C2. The second-order valence-electron chi connectivity index (χ2n) is 9.28. The zero-order valence-corrected chi connectivity index (χ0v) is 17.6. The minimum absolute atomic E-state index is 0.0627. The van der Waals surface area contributed by atoms with E-state index in [0.29, 0.717) is 18.2 Å². The summed E-state index contributed by atoms with van der Waals surface area (Å²) in [6.07, 6.45) is -0.0889. The van der Waals surface area contributed by atoms with Gasteiger partial charge in [-0.15, -0.1) is 0 Å². The molecule has 2 bridgehead atoms. The van der Waals surface area contributed by atoms with Gasteiger partial charge in [0.05, 0.1) is 11.2 Å². The monoisotopic (exact) mass is 426 g/mol. The van der Waals surface area contributed by atoms with E-state index in [-0.39, 0.29) is 22.8 Å². The Morgan fingerprint density at radius 2 is 1.60 bits per heavy atom. The highest BCUT2D eigenvalue weighted by molar-refractivity contribution is 7.86. The molecule has 2 fully saturated rings. The number of benzene rings is 2. The first-order chi connectivity index (χ1) is 14.1. The van der Waals surface area contributed by atoms with E-state index >= 15 is 0 Å². The molecule has 7 heteroatoms. The lowest BCUT2D eigenvalue weighted by atomic mass is 9.70. The van der Waals surface area contributed by atoms with Gasteiger partial charge >= 0.3 is 0 Å². The average molecular weight is 426 g/mol. The fraction of sp³-hybridized carbons (Fsp3) is 0.435. The second-order valence-corrected chi connectivity index (χ2v) is 10.9. The fourth-order valence-corrected chi connectivity index (χ4v) is 7.65. The van der Waals surface area contributed by atoms with Gasteiger partial charge in [-0.25, -0.2) is 4.18 Å². The lowest BCUT2D eigenvalue weighted by molar-refractivity contribution is -0.128. The van der Waals surface area contributed by atoms with Gasteiger partial charge in [0.25, 0.3) is 10.1 Å². The largest absolute Gasteiger partial charge is 0.299 e. The van der Waals surface area contributed by atoms with Crippen LogP contribution in [-0.2, 0) is 19.1 Å². The molecule has 30 heavy (non-hydrogen) atoms. The van der Waals surface area contributed by atoms with E-state index in [1.807, 2.05) is 13.8 Å². The van der Waals surface area contributed by atoms with Crippen molar-refractivity contribution in [2.24, 2.45) is 16.7 Å². The number of rotatable bonds is 4. The Labute approximate surface area is 174 Å². The molecule has 0 spiro atoms. The summed E-state index contributed by atoms with van der Waals surface area (Å²) in [6.45, 7) is 3.86. The van der Waals surface area contributed by atoms with E-state index in [1.54, 1.807) is 36.4 Å². The van der Waals surface area contributed by atoms with E-state index < -0.39 is 44.4 Å². The lowest BCUT2D eigenvalue weighted by Gasteiger charge is -2.36. The molecular weight excluding hydrogens is 404 g/mol. The number of ketones is 3. The van der Waals surface area contributed by atoms with Gasteiger partial charge in [0.1, 0.15) is 5.78 Å². The zero-order chi connectivity index (χ0) is 21.5. The fourth-order valence-electron chi connectivity index (χ4n) is 5.83. The maximum absolute atomic E-state index is 13.0. The van der Waals surface area contributed by atoms with Gasteiger partial charge in [0, 0.05) is 22.9 Å². The summed E-state index contributed by atoms with van der Waals surface area (Å²) < 4.78 is 31.3. The molecule has 0 heterocycles. The molecule has 3 aliphatic rings. The van der Waals surface area contributed by atoms with E-state index in [9.17, 15) is 22.8 Å². The molecule has 0 amide bonds. The summed E-state index contributed by atoms with van der Waals surface area (Å²) in [6, 6.07) is 10.1. The van der Waals surface area contributed by atoms with Crippen molar-refractivity contribution in [1.82, 2.24) is 0 Å². The van der Waals surface area contributed by atoms with Crippen molar-refractivity contribution in [1.29, 1.82) is 0 Å². The van der Waals surface area contributed by atoms with Gasteiger partial charge in [-0.05, 0) is 29.6 Å². The zero-order valence-electron chi connectivity index (χ0n) is 16.8. The van der Waals surface area contributed by atoms with Crippen molar-refractivity contribution < 1.29 is 27.0 Å². The van der Waals surface area contributed by atoms with E-state index in [1.165, 1.54) is 0 Å². The van der Waals surface area contributed by atoms with Gasteiger partial charge in [-0.3, -0.25) is 14.4 Å². The summed E-state index contributed by atoms with van der Waals surface area (Å²) in [7, 11) is -4.31. The number of hydrogen-bond donors (Lipinski definition) is 0. The van der Waals surface area contributed by atoms with Crippen LogP contribution in [0.1, 0.15) is 53.8 Å². The Hall–Kier alpha value is -2.38. The van der Waals surface area contributed by atoms with Crippen LogP contribution in [0.3, 0.4) is 0 Å². The quantitative estimate of drug-likeness (QED) is 0.550. The number of hydrogen-bond acceptors (Lipinski definition) is 6. The standard InChI is InChI=1S/C23H22O6S/c1-22(2)14-9-10-23(22,17(24)11-14)12-30(27,28)29-21-19(25)15-7-3-5-13-6-4-8-16(18(13)15)20(21)26/h3-8,14,21H,9-12H2,1-2H3. The van der Waals surface area contributed by atoms with Gasteiger partial charge in [0.15, 0.2) is 0 Å². The molecular formula is C23H22O6S. The summed E-state index contributed by atoms with van der Waals surface area (Å²) in [4.78, 5) is 38.7. The molecule has 6 nitrogen and oxygen atoms in total. The van der Waals surface area contributed by atoms with E-state index in [4.69, 9.17) is 4.18 Å². The molecule has 2 aromatic carbocycles. The predicted molar refractivity (Wildman–Crippen MR) is 110 cm³/mol. The Bertz CT molecular complexity index is 1190. The maximum Gasteiger partial charge on any atom is 0.269 e. The van der Waals surface area contributed by atoms with Crippen LogP contribution in [0.4, 0.5) is 0 Å². The maximum atomic E-state index is 13.0. The minimum Gasteiger partial charge on any atom is -0.299 e. The molecule has 2 atom stereocenters. The highest BCUT2D eigenvalue weighted by Crippen LogP contribution is 2.64. The number of carbonyl (C=O) groups excluding carboxylic acids is 3. The normalized spacial score (nSPS) is 27.9. The van der Waals surface area contributed by atoms with Gasteiger partial charge < -0.3 is 0 Å². The summed E-state index contributed by atoms with van der Waals surface area (Å²) in [5.41, 5.74) is -0.924. The van der Waals surface area contributed by atoms with Crippen molar-refractivity contribution in [3.63, 3.8) is 0 Å². The minimum atomic E-state index is -4.31. The van der Waals surface area contributed by atoms with E-state index in [2.05, 4.69) is 0 Å². The highest BCUT2D eigenvalue weighted by atomic mass is 32.2. The lowest BCUT2D eigenvalue weighted by Crippen LogP contribution is -2.45. The summed E-state index contributed by atoms with van der Waals surface area (Å²) >= 11 is 0. The first kappa shape index (κ1) is 19.6. The average Bonchev–Trinajstić information content (AvgIpc) is 3.03. The topological polar surface area (TPSA) is 94.6 Å². The first-order valence-corrected chi connectivity index (χ1v) is 11.7. The van der Waals surface area contributed by atoms with Gasteiger partial charge in [-0.1, -0.05) is 50.2 Å². The van der Waals surface area contributed by atoms with Crippen molar-refractivity contribution in [2.45, 2.75) is 39.2 Å². The van der Waals surface area contributed by atoms with Crippen LogP contribution in [0.5, 0.6) is 0 Å². The molecule has 3 aliphatic carbocycles. The van der Waals surface area contributed by atoms with Crippen LogP contribution in [0.15, 0.2) is 36.4 Å². The van der Waals surface area contributed by atoms with E-state index in [0.717, 1.165) is 11.8 Å². The smallest absolute Gasteiger partial charge is 0.269 e. The number of Topliss-reactive ketones (excluding diaryl/α,β-unsaturated/α-hetero) is 3. The number of carbonyl (C=O) groups is 3. The molecule has 0 N–H and O–H groups in total. The van der Waals surface area contributed by atoms with Crippen LogP contribution in [0, 0.1) is 16.7 Å². The Balaban J connectivity index is 1.50. The molecule has 0 aromatic heterocycles. The third kappa shape index (κ3) is 2.45. The van der Waals surface area contributed by atoms with Gasteiger partial charge in [-0.2, -0.15) is 8.42 Å². The second kappa shape index (κ2) is 6.08. The van der Waals surface area contributed by atoms with Crippen LogP contribution in [-0.4, -0.2) is 37.6 Å². The Kier molecular flexibility index (Phi) is 3.97. The molecule has 0 aliphatic heterocycles. The van der Waals surface area contributed by atoms with Crippen molar-refractivity contribution >= 4 is 38.2 Å². The van der Waals surface area contributed by atoms with Crippen LogP contribution < -0.4 is 0 Å². The Morgan fingerprint density at radius 1 is 1.00 bits per heavy atom. The third-order valence-corrected chi connectivity index (χ3v) is 9.05. The van der Waals surface area contributed by atoms with Gasteiger partial charge in [0.2, 0.25) is 17.7 Å². The highest BCUT2D eigenvalue weighted by Gasteiger charge is 2.65. The Morgan fingerprint density at radius 3 is 2.10 bits per heavy atom. The van der Waals surface area contributed by atoms with Crippen LogP contribution in [0.25, 0.3) is 10.8 Å². The molecule has 156 valence electrons. The van der Waals surface area contributed by atoms with Crippen LogP contribution >= 0.6 is 0 Å². The molecule has 2 unspecified atom stereocenters. The van der Waals surface area contributed by atoms with Crippen molar-refractivity contribution in [2.75, 3.05) is 5.75 Å². The van der Waals surface area contributed by atoms with Crippen LogP contribution in [0.2, 0.25) is 0 Å². The predicted octanol–water partition coefficient (Wildman–Crippen LogP) is 3.33. The first-order valence-electron chi connectivity index (χ1n) is 10.1. The molecule has 0 radical (unpaired) electrons. The third-order valence-electron chi connectivity index (χ3n) is 7.72. The molecule has 2 saturated carbocycles. The van der Waals surface area contributed by atoms with Crippen molar-refractivity contribution in [3.8, 4) is 0 Å². The molecule has 5 rings (SSSR count). The molecule has 2 aromatic rings.